The molecule has 0 amide bonds. The van der Waals surface area contributed by atoms with Crippen molar-refractivity contribution in [2.75, 3.05) is 201 Å². The fourth-order valence-electron chi connectivity index (χ4n) is 18.4. The largest absolute Gasteiger partial charge is 0.378 e. The lowest BCUT2D eigenvalue weighted by atomic mass is 9.88. The number of aromatic nitrogens is 8. The number of pyridine rings is 6. The Hall–Kier alpha value is -7.03. The fraction of sp³-hybridized carbons (Fsp3) is 0.663. The van der Waals surface area contributed by atoms with Crippen LogP contribution in [0.3, 0.4) is 0 Å². The van der Waals surface area contributed by atoms with E-state index in [1.807, 2.05) is 24.9 Å². The molecule has 0 aromatic carbocycles. The molecule has 11 saturated heterocycles. The molecule has 0 radical (unpaired) electrons. The van der Waals surface area contributed by atoms with Crippen LogP contribution in [0.25, 0.3) is 5.57 Å². The first-order chi connectivity index (χ1) is 60.4. The lowest BCUT2D eigenvalue weighted by molar-refractivity contribution is -0.0906. The second kappa shape index (κ2) is 44.7. The topological polar surface area (TPSA) is 170 Å². The van der Waals surface area contributed by atoms with Gasteiger partial charge in [0.25, 0.3) is 0 Å². The summed E-state index contributed by atoms with van der Waals surface area (Å²) in [7, 11) is 4.37. The Morgan fingerprint density at radius 2 is 0.778 bits per heavy atom. The van der Waals surface area contributed by atoms with Crippen molar-refractivity contribution in [2.24, 2.45) is 0 Å². The van der Waals surface area contributed by atoms with E-state index in [9.17, 15) is 0 Å². The maximum Gasteiger partial charge on any atom is 0.0952 e. The van der Waals surface area contributed by atoms with Gasteiger partial charge >= 0.3 is 0 Å². The molecule has 12 aliphatic rings. The van der Waals surface area contributed by atoms with Crippen molar-refractivity contribution in [1.29, 1.82) is 0 Å². The summed E-state index contributed by atoms with van der Waals surface area (Å²) < 4.78 is 28.7. The second-order valence-corrected chi connectivity index (χ2v) is 42.1. The molecule has 11 fully saturated rings. The Labute approximate surface area is 758 Å². The van der Waals surface area contributed by atoms with Gasteiger partial charge in [0.2, 0.25) is 0 Å². The number of rotatable bonds is 17. The average Bonchev–Trinajstić information content (AvgIpc) is 0.868. The average molecular weight is 1730 g/mol. The molecule has 0 bridgehead atoms. The predicted octanol–water partition coefficient (Wildman–Crippen LogP) is 16.6. The fourth-order valence-corrected chi connectivity index (χ4v) is 18.4. The van der Waals surface area contributed by atoms with Gasteiger partial charge in [-0.3, -0.25) is 54.4 Å². The molecule has 690 valence electrons. The van der Waals surface area contributed by atoms with Crippen LogP contribution in [-0.2, 0) is 34.5 Å². The van der Waals surface area contributed by atoms with E-state index in [0.717, 1.165) is 131 Å². The van der Waals surface area contributed by atoms with E-state index in [2.05, 4.69) is 326 Å². The summed E-state index contributed by atoms with van der Waals surface area (Å²) in [5.74, 6) is 4.65. The van der Waals surface area contributed by atoms with E-state index in [1.54, 1.807) is 0 Å². The van der Waals surface area contributed by atoms with E-state index in [0.29, 0.717) is 83.6 Å². The number of piperazine rings is 2. The number of likely N-dealkylation sites (tertiary alicyclic amines) is 4. The minimum Gasteiger partial charge on any atom is -0.378 e. The molecule has 19 rings (SSSR count). The van der Waals surface area contributed by atoms with Crippen molar-refractivity contribution in [2.45, 2.75) is 257 Å². The van der Waals surface area contributed by atoms with Gasteiger partial charge in [-0.05, 0) is 185 Å². The van der Waals surface area contributed by atoms with Crippen molar-refractivity contribution in [1.82, 2.24) is 73.8 Å². The Bertz CT molecular complexity index is 4380. The zero-order valence-corrected chi connectivity index (χ0v) is 81.0. The molecule has 0 aliphatic carbocycles. The lowest BCUT2D eigenvalue weighted by Crippen LogP contribution is -2.64. The zero-order valence-electron chi connectivity index (χ0n) is 81.0. The minimum atomic E-state index is 0.134. The van der Waals surface area contributed by atoms with Crippen molar-refractivity contribution in [3.63, 3.8) is 0 Å². The van der Waals surface area contributed by atoms with E-state index < -0.39 is 0 Å². The third kappa shape index (κ3) is 26.4. The van der Waals surface area contributed by atoms with Crippen LogP contribution in [0.1, 0.15) is 272 Å². The Morgan fingerprint density at radius 3 is 1.17 bits per heavy atom. The normalized spacial score (nSPS) is 21.7. The number of piperidine rings is 2. The van der Waals surface area contributed by atoms with Gasteiger partial charge in [0.1, 0.15) is 0 Å². The summed E-state index contributed by atoms with van der Waals surface area (Å²) in [5.41, 5.74) is 18.2. The molecule has 126 heavy (non-hydrogen) atoms. The Morgan fingerprint density at radius 1 is 0.357 bits per heavy atom. The van der Waals surface area contributed by atoms with Crippen LogP contribution in [0.2, 0.25) is 0 Å². The number of hydrogen-bond acceptors (Lipinski definition) is 21. The molecule has 22 nitrogen and oxygen atoms in total. The standard InChI is InChI=1S/C17H27N3O.C16H22N2O.C15H23N3O.C15H24N2.C14H23N3O.C14H20N2O.C13H20N2/c1-13(2)16-6-5-14(9-18-16)20-8-7-19(12-17(20,3)4)15-10-21-11-15;1-12(2)16-4-3-14(9-17-16)13-5-7-18(8-6-13)15-10-19-11-15;1-12(2)15-4-3-13(9-16-15)17-5-7-18(8-6-17)14-10-19-11-14;1-15(2,3)14-6-5-13(11-16-14)12-7-9-17(4)10-8-12;1-11(2)14-7-17(10-15-14)12-3-5-16(6-4-12)13-8-18-9-13;1-10(2)14-4-3-11(5-15-14)12-6-16(7-12)13-8-17-9-13;1-13(2,3)12-6-5-10(7-14-12)11-8-15(4)9-11/h5-6,9,13,15H,7-8,10-12H2,1-4H3;3-5,9,12,15H,6-8,10-11H2,1-2H3;3-4,9,12,14H,5-8,10-11H2,1-2H3;5-6,11-12H,7-10H2,1-4H3;7,10-13H,3-6,8-9H2,1-2H3;3-5,10,12-13H,6-9H2,1-2H3;5-7,11H,8-9H2,1-4H3. The first-order valence-corrected chi connectivity index (χ1v) is 48.3. The first kappa shape index (κ1) is 96.5. The number of ether oxygens (including phenoxy) is 5. The highest BCUT2D eigenvalue weighted by molar-refractivity contribution is 5.66. The molecule has 0 spiro atoms. The molecule has 7 aromatic heterocycles. The third-order valence-corrected chi connectivity index (χ3v) is 28.1. The molecule has 12 aliphatic heterocycles. The molecule has 0 N–H and O–H groups in total. The van der Waals surface area contributed by atoms with Gasteiger partial charge in [-0.25, -0.2) is 4.98 Å². The maximum atomic E-state index is 5.34. The van der Waals surface area contributed by atoms with Crippen molar-refractivity contribution in [3.05, 3.63) is 191 Å². The van der Waals surface area contributed by atoms with Crippen LogP contribution in [-0.4, -0.2) is 301 Å². The van der Waals surface area contributed by atoms with Crippen LogP contribution >= 0.6 is 0 Å². The van der Waals surface area contributed by atoms with E-state index in [1.165, 1.54) is 157 Å². The van der Waals surface area contributed by atoms with Crippen molar-refractivity contribution < 1.29 is 23.7 Å². The first-order valence-electron chi connectivity index (χ1n) is 48.3. The molecule has 19 heterocycles. The Balaban J connectivity index is 0.000000126. The highest BCUT2D eigenvalue weighted by Crippen LogP contribution is 2.36. The quantitative estimate of drug-likeness (QED) is 0.0842. The number of imidazole rings is 1. The summed E-state index contributed by atoms with van der Waals surface area (Å²) >= 11 is 0. The SMILES string of the molecule is CC(C)c1ccc(C2=CCN(C3COC3)CC2)cn1.CC(C)c1ccc(C2CN(C3COC3)C2)cn1.CC(C)c1ccc(N2CCN(C3COC3)CC2(C)C)cn1.CC(C)c1ccc(N2CCN(C3COC3)CC2)cn1.CC(C)c1cn(C2CCN(C3COC3)CC2)cn1.CN1CC(c2ccc(C(C)(C)C)nc2)C1.CN1CCC(c2ccc(C(C)(C)C)nc2)CC1. The maximum absolute atomic E-state index is 5.34. The van der Waals surface area contributed by atoms with Gasteiger partial charge in [0, 0.05) is 198 Å². The molecule has 0 atom stereocenters. The van der Waals surface area contributed by atoms with Crippen molar-refractivity contribution in [3.8, 4) is 0 Å². The lowest BCUT2D eigenvalue weighted by Gasteiger charge is -2.51. The molecule has 7 aromatic rings. The summed E-state index contributed by atoms with van der Waals surface area (Å²) in [6.45, 7) is 68.4. The van der Waals surface area contributed by atoms with E-state index in [-0.39, 0.29) is 16.4 Å². The zero-order chi connectivity index (χ0) is 89.4. The molecular formula is C104H159N17O5. The molecule has 22 heteroatoms. The summed E-state index contributed by atoms with van der Waals surface area (Å²) in [6.07, 6.45) is 25.1. The van der Waals surface area contributed by atoms with Crippen LogP contribution in [0.5, 0.6) is 0 Å². The van der Waals surface area contributed by atoms with Gasteiger partial charge < -0.3 is 47.9 Å². The third-order valence-electron chi connectivity index (χ3n) is 28.1. The number of likely N-dealkylation sites (N-methyl/N-ethyl adjacent to an activating group) is 1. The van der Waals surface area contributed by atoms with Gasteiger partial charge in [0.15, 0.2) is 0 Å². The van der Waals surface area contributed by atoms with Gasteiger partial charge in [-0.15, -0.1) is 0 Å². The van der Waals surface area contributed by atoms with Crippen LogP contribution < -0.4 is 9.80 Å². The smallest absolute Gasteiger partial charge is 0.0952 e. The monoisotopic (exact) mass is 1730 g/mol. The molecule has 0 saturated carbocycles. The van der Waals surface area contributed by atoms with Crippen LogP contribution in [0, 0.1) is 0 Å². The van der Waals surface area contributed by atoms with E-state index in [4.69, 9.17) is 23.7 Å². The summed E-state index contributed by atoms with van der Waals surface area (Å²) in [4.78, 5) is 54.4. The van der Waals surface area contributed by atoms with Crippen molar-refractivity contribution >= 4 is 16.9 Å². The van der Waals surface area contributed by atoms with Gasteiger partial charge in [-0.1, -0.05) is 141 Å². The van der Waals surface area contributed by atoms with Crippen LogP contribution in [0.4, 0.5) is 11.4 Å². The minimum absolute atomic E-state index is 0.134. The summed E-state index contributed by atoms with van der Waals surface area (Å²) in [6, 6.07) is 30.5. The summed E-state index contributed by atoms with van der Waals surface area (Å²) in [5, 5.41) is 0. The van der Waals surface area contributed by atoms with Gasteiger partial charge in [-0.2, -0.15) is 0 Å². The second-order valence-electron chi connectivity index (χ2n) is 42.1. The number of nitrogens with zero attached hydrogens (tertiary/aromatic N) is 17. The van der Waals surface area contributed by atoms with Crippen LogP contribution in [0.15, 0.2) is 129 Å². The highest BCUT2D eigenvalue weighted by atomic mass is 16.5. The highest BCUT2D eigenvalue weighted by Gasteiger charge is 2.41. The van der Waals surface area contributed by atoms with E-state index >= 15 is 0 Å². The Kier molecular flexibility index (Phi) is 34.3. The molecule has 0 unspecified atom stereocenters. The number of anilines is 2. The predicted molar refractivity (Wildman–Crippen MR) is 513 cm³/mol. The van der Waals surface area contributed by atoms with Gasteiger partial charge in [0.05, 0.1) is 132 Å². The molecular weight excluding hydrogens is 1570 g/mol. The number of hydrogen-bond donors (Lipinski definition) is 0.